The van der Waals surface area contributed by atoms with Gasteiger partial charge in [-0.2, -0.15) is 0 Å². The van der Waals surface area contributed by atoms with E-state index >= 15 is 0 Å². The molecule has 1 atom stereocenters. The molecule has 0 heterocycles. The van der Waals surface area contributed by atoms with Crippen molar-refractivity contribution in [1.29, 1.82) is 0 Å². The lowest BCUT2D eigenvalue weighted by atomic mass is 10.1. The standard InChI is InChI=1S/C15H24N2/c1-3-16-15(13-8-6-5-7-9-13)12-17(4-2)14-10-11-14/h5-9,14-16H,3-4,10-12H2,1-2H3. The van der Waals surface area contributed by atoms with Crippen LogP contribution in [0.15, 0.2) is 30.3 Å². The molecule has 0 radical (unpaired) electrons. The van der Waals surface area contributed by atoms with Crippen LogP contribution in [0.4, 0.5) is 0 Å². The maximum absolute atomic E-state index is 3.60. The third-order valence-corrected chi connectivity index (χ3v) is 3.54. The Hall–Kier alpha value is -0.860. The van der Waals surface area contributed by atoms with Gasteiger partial charge in [-0.05, 0) is 31.5 Å². The van der Waals surface area contributed by atoms with E-state index in [1.54, 1.807) is 0 Å². The summed E-state index contributed by atoms with van der Waals surface area (Å²) < 4.78 is 0. The highest BCUT2D eigenvalue weighted by Gasteiger charge is 2.29. The summed E-state index contributed by atoms with van der Waals surface area (Å²) in [6.07, 6.45) is 2.78. The molecule has 1 N–H and O–H groups in total. The van der Waals surface area contributed by atoms with E-state index in [9.17, 15) is 0 Å². The molecule has 1 saturated carbocycles. The third-order valence-electron chi connectivity index (χ3n) is 3.54. The number of nitrogens with zero attached hydrogens (tertiary/aromatic N) is 1. The SMILES string of the molecule is CCNC(CN(CC)C1CC1)c1ccccc1. The molecule has 2 rings (SSSR count). The van der Waals surface area contributed by atoms with Gasteiger partial charge in [-0.1, -0.05) is 44.2 Å². The molecular formula is C15H24N2. The zero-order valence-electron chi connectivity index (χ0n) is 11.0. The summed E-state index contributed by atoms with van der Waals surface area (Å²) in [7, 11) is 0. The summed E-state index contributed by atoms with van der Waals surface area (Å²) in [5.41, 5.74) is 1.41. The molecule has 0 amide bonds. The molecule has 17 heavy (non-hydrogen) atoms. The lowest BCUT2D eigenvalue weighted by molar-refractivity contribution is 0.245. The van der Waals surface area contributed by atoms with Crippen molar-refractivity contribution in [2.24, 2.45) is 0 Å². The van der Waals surface area contributed by atoms with Crippen LogP contribution < -0.4 is 5.32 Å². The van der Waals surface area contributed by atoms with Crippen LogP contribution in [0.25, 0.3) is 0 Å². The summed E-state index contributed by atoms with van der Waals surface area (Å²) in [4.78, 5) is 2.61. The van der Waals surface area contributed by atoms with Gasteiger partial charge in [-0.15, -0.1) is 0 Å². The number of hydrogen-bond acceptors (Lipinski definition) is 2. The van der Waals surface area contributed by atoms with Gasteiger partial charge in [0.2, 0.25) is 0 Å². The van der Waals surface area contributed by atoms with Crippen LogP contribution in [-0.4, -0.2) is 30.6 Å². The maximum atomic E-state index is 3.60. The minimum atomic E-state index is 0.474. The second-order valence-electron chi connectivity index (χ2n) is 4.84. The van der Waals surface area contributed by atoms with Crippen molar-refractivity contribution in [3.8, 4) is 0 Å². The molecule has 1 aromatic rings. The van der Waals surface area contributed by atoms with Gasteiger partial charge < -0.3 is 5.32 Å². The molecule has 0 saturated heterocycles. The van der Waals surface area contributed by atoms with Crippen LogP contribution in [0.2, 0.25) is 0 Å². The summed E-state index contributed by atoms with van der Waals surface area (Å²) in [6, 6.07) is 12.1. The average Bonchev–Trinajstić information content (AvgIpc) is 3.20. The van der Waals surface area contributed by atoms with Crippen LogP contribution in [-0.2, 0) is 0 Å². The molecule has 0 aliphatic heterocycles. The molecule has 0 bridgehead atoms. The summed E-state index contributed by atoms with van der Waals surface area (Å²) in [6.45, 7) is 7.79. The Morgan fingerprint density at radius 3 is 2.47 bits per heavy atom. The Kier molecular flexibility index (Phi) is 4.57. The minimum Gasteiger partial charge on any atom is -0.309 e. The van der Waals surface area contributed by atoms with Crippen molar-refractivity contribution < 1.29 is 0 Å². The Balaban J connectivity index is 2.01. The second-order valence-corrected chi connectivity index (χ2v) is 4.84. The quantitative estimate of drug-likeness (QED) is 0.777. The van der Waals surface area contributed by atoms with Gasteiger partial charge in [0.1, 0.15) is 0 Å². The molecule has 1 aliphatic carbocycles. The number of rotatable bonds is 7. The van der Waals surface area contributed by atoms with Crippen molar-refractivity contribution in [1.82, 2.24) is 10.2 Å². The largest absolute Gasteiger partial charge is 0.309 e. The first kappa shape index (κ1) is 12.6. The number of nitrogens with one attached hydrogen (secondary N) is 1. The molecule has 0 spiro atoms. The van der Waals surface area contributed by atoms with Crippen molar-refractivity contribution in [3.05, 3.63) is 35.9 Å². The van der Waals surface area contributed by atoms with Crippen molar-refractivity contribution in [2.75, 3.05) is 19.6 Å². The first-order valence-electron chi connectivity index (χ1n) is 6.87. The summed E-state index contributed by atoms with van der Waals surface area (Å²) in [5.74, 6) is 0. The maximum Gasteiger partial charge on any atom is 0.0449 e. The zero-order valence-corrected chi connectivity index (χ0v) is 11.0. The molecule has 2 nitrogen and oxygen atoms in total. The van der Waals surface area contributed by atoms with Crippen LogP contribution in [0.1, 0.15) is 38.3 Å². The highest BCUT2D eigenvalue weighted by molar-refractivity contribution is 5.19. The van der Waals surface area contributed by atoms with Gasteiger partial charge in [-0.25, -0.2) is 0 Å². The number of benzene rings is 1. The third kappa shape index (κ3) is 3.55. The van der Waals surface area contributed by atoms with E-state index < -0.39 is 0 Å². The van der Waals surface area contributed by atoms with Crippen LogP contribution in [0.5, 0.6) is 0 Å². The van der Waals surface area contributed by atoms with Crippen molar-refractivity contribution in [2.45, 2.75) is 38.8 Å². The molecule has 94 valence electrons. The normalized spacial score (nSPS) is 17.4. The van der Waals surface area contributed by atoms with Crippen LogP contribution >= 0.6 is 0 Å². The summed E-state index contributed by atoms with van der Waals surface area (Å²) in [5, 5.41) is 3.60. The van der Waals surface area contributed by atoms with Crippen LogP contribution in [0, 0.1) is 0 Å². The van der Waals surface area contributed by atoms with Crippen LogP contribution in [0.3, 0.4) is 0 Å². The lowest BCUT2D eigenvalue weighted by Crippen LogP contribution is -2.36. The molecule has 1 unspecified atom stereocenters. The van der Waals surface area contributed by atoms with Gasteiger partial charge in [0.25, 0.3) is 0 Å². The van der Waals surface area contributed by atoms with E-state index in [1.165, 1.54) is 24.9 Å². The fourth-order valence-corrected chi connectivity index (χ4v) is 2.43. The Morgan fingerprint density at radius 1 is 1.24 bits per heavy atom. The first-order chi connectivity index (χ1) is 8.35. The summed E-state index contributed by atoms with van der Waals surface area (Å²) >= 11 is 0. The van der Waals surface area contributed by atoms with Gasteiger partial charge in [0.05, 0.1) is 0 Å². The topological polar surface area (TPSA) is 15.3 Å². The van der Waals surface area contributed by atoms with Gasteiger partial charge in [0, 0.05) is 18.6 Å². The van der Waals surface area contributed by atoms with Gasteiger partial charge in [-0.3, -0.25) is 4.90 Å². The predicted molar refractivity (Wildman–Crippen MR) is 73.1 cm³/mol. The van der Waals surface area contributed by atoms with E-state index in [0.717, 1.165) is 19.1 Å². The van der Waals surface area contributed by atoms with Crippen molar-refractivity contribution >= 4 is 0 Å². The van der Waals surface area contributed by atoms with E-state index in [2.05, 4.69) is 54.4 Å². The highest BCUT2D eigenvalue weighted by Crippen LogP contribution is 2.28. The van der Waals surface area contributed by atoms with E-state index in [-0.39, 0.29) is 0 Å². The number of hydrogen-bond donors (Lipinski definition) is 1. The lowest BCUT2D eigenvalue weighted by Gasteiger charge is -2.27. The highest BCUT2D eigenvalue weighted by atomic mass is 15.2. The minimum absolute atomic E-state index is 0.474. The molecule has 0 aromatic heterocycles. The predicted octanol–water partition coefficient (Wildman–Crippen LogP) is 2.82. The Bertz CT molecular complexity index is 319. The number of likely N-dealkylation sites (N-methyl/N-ethyl adjacent to an activating group) is 2. The average molecular weight is 232 g/mol. The van der Waals surface area contributed by atoms with Gasteiger partial charge in [0.15, 0.2) is 0 Å². The second kappa shape index (κ2) is 6.18. The zero-order chi connectivity index (χ0) is 12.1. The van der Waals surface area contributed by atoms with E-state index in [0.29, 0.717) is 6.04 Å². The first-order valence-corrected chi connectivity index (χ1v) is 6.87. The van der Waals surface area contributed by atoms with Crippen molar-refractivity contribution in [3.63, 3.8) is 0 Å². The molecular weight excluding hydrogens is 208 g/mol. The molecule has 1 aliphatic rings. The molecule has 2 heteroatoms. The Labute approximate surface area is 105 Å². The van der Waals surface area contributed by atoms with E-state index in [4.69, 9.17) is 0 Å². The fourth-order valence-electron chi connectivity index (χ4n) is 2.43. The smallest absolute Gasteiger partial charge is 0.0449 e. The molecule has 1 aromatic carbocycles. The van der Waals surface area contributed by atoms with E-state index in [1.807, 2.05) is 0 Å². The monoisotopic (exact) mass is 232 g/mol. The van der Waals surface area contributed by atoms with Gasteiger partial charge >= 0.3 is 0 Å². The fraction of sp³-hybridized carbons (Fsp3) is 0.600. The molecule has 1 fully saturated rings. The Morgan fingerprint density at radius 2 is 1.94 bits per heavy atom.